The van der Waals surface area contributed by atoms with Crippen molar-refractivity contribution in [1.29, 1.82) is 0 Å². The van der Waals surface area contributed by atoms with Crippen LogP contribution in [0.3, 0.4) is 0 Å². The molecular weight excluding hydrogens is 464 g/mol. The van der Waals surface area contributed by atoms with Crippen molar-refractivity contribution in [3.05, 3.63) is 0 Å². The van der Waals surface area contributed by atoms with Gasteiger partial charge in [-0.15, -0.1) is 0 Å². The summed E-state index contributed by atoms with van der Waals surface area (Å²) in [4.78, 5) is 0. The molecule has 0 aliphatic heterocycles. The maximum atomic E-state index is 0. The molecule has 0 radical (unpaired) electrons. The standard InChI is InChI=1S/6ClH.4H3N.Pt/h6*1H;4*1H3;/q;;;;;;;;;;+2/p-2. The Morgan fingerprint density at radius 3 is 0.273 bits per heavy atom. The van der Waals surface area contributed by atoms with Crippen LogP contribution in [0.25, 0.3) is 0 Å². The molecule has 0 unspecified atom stereocenters. The first kappa shape index (κ1) is 388. The van der Waals surface area contributed by atoms with E-state index < -0.39 is 0 Å². The predicted octanol–water partition coefficient (Wildman–Crippen LogP) is -16.5. The first-order valence-corrected chi connectivity index (χ1v) is 0. The molecule has 11 heteroatoms. The Balaban J connectivity index is 0. The third-order valence-corrected chi connectivity index (χ3v) is 0. The number of halogens is 6. The van der Waals surface area contributed by atoms with Gasteiger partial charge in [0.05, 0.1) is 0 Å². The van der Waals surface area contributed by atoms with E-state index in [4.69, 9.17) is 0 Å². The van der Waals surface area contributed by atoms with E-state index in [9.17, 15) is 0 Å². The Hall–Kier alpha value is 2.27. The fourth-order valence-corrected chi connectivity index (χ4v) is 0. The van der Waals surface area contributed by atoms with Gasteiger partial charge in [0.15, 0.2) is 0 Å². The normalized spacial score (nSPS) is 0. The topological polar surface area (TPSA) is 146 Å². The molecule has 0 aromatic heterocycles. The Bertz CT molecular complexity index is 14.5. The summed E-state index contributed by atoms with van der Waals surface area (Å²) in [5.74, 6) is 0. The van der Waals surface area contributed by atoms with Crippen LogP contribution in [0.4, 0.5) is 0 Å². The predicted molar refractivity (Wildman–Crippen MR) is 23.9 cm³/mol. The van der Waals surface area contributed by atoms with Crippen molar-refractivity contribution >= 4 is 0 Å². The van der Waals surface area contributed by atoms with Crippen LogP contribution in [0.5, 0.6) is 0 Å². The van der Waals surface area contributed by atoms with E-state index in [1.165, 1.54) is 0 Å². The van der Waals surface area contributed by atoms with E-state index >= 15 is 0 Å². The van der Waals surface area contributed by atoms with Crippen molar-refractivity contribution in [3.63, 3.8) is 0 Å². The molecule has 16 N–H and O–H groups in total. The maximum absolute atomic E-state index is 0. The monoisotopic (exact) mass is 477 g/mol. The zero-order chi connectivity index (χ0) is 0. The Morgan fingerprint density at radius 1 is 0.273 bits per heavy atom. The van der Waals surface area contributed by atoms with E-state index in [-0.39, 0.29) is 120 Å². The van der Waals surface area contributed by atoms with Crippen LogP contribution >= 0.6 is 0 Å². The van der Waals surface area contributed by atoms with E-state index in [1.807, 2.05) is 0 Å². The largest absolute Gasteiger partial charge is 2.00 e. The SMILES string of the molecule is [Cl-].[Cl-].[Cl-].[Cl-].[Cl-].[Cl-].[NH4+].[NH4+].[NH4+].[NH4+].[Pt+2]. The minimum absolute atomic E-state index is 0. The van der Waals surface area contributed by atoms with Gasteiger partial charge in [-0.1, -0.05) is 0 Å². The van der Waals surface area contributed by atoms with Gasteiger partial charge < -0.3 is 99.0 Å². The summed E-state index contributed by atoms with van der Waals surface area (Å²) >= 11 is 0. The van der Waals surface area contributed by atoms with Gasteiger partial charge in [-0.25, -0.2) is 0 Å². The van der Waals surface area contributed by atoms with Gasteiger partial charge in [0.25, 0.3) is 0 Å². The molecule has 0 aliphatic carbocycles. The van der Waals surface area contributed by atoms with Crippen molar-refractivity contribution in [3.8, 4) is 0 Å². The van der Waals surface area contributed by atoms with Gasteiger partial charge in [-0.2, -0.15) is 0 Å². The molecule has 0 saturated carbocycles. The summed E-state index contributed by atoms with van der Waals surface area (Å²) in [7, 11) is 0. The molecule has 4 nitrogen and oxygen atoms in total. The quantitative estimate of drug-likeness (QED) is 0.261. The van der Waals surface area contributed by atoms with E-state index in [1.54, 1.807) is 0 Å². The summed E-state index contributed by atoms with van der Waals surface area (Å²) in [6.45, 7) is 0. The van der Waals surface area contributed by atoms with Crippen molar-refractivity contribution in [2.45, 2.75) is 0 Å². The number of rotatable bonds is 0. The summed E-state index contributed by atoms with van der Waals surface area (Å²) in [5, 5.41) is 0. The zero-order valence-electron chi connectivity index (χ0n) is 6.58. The molecule has 0 fully saturated rings. The summed E-state index contributed by atoms with van der Waals surface area (Å²) < 4.78 is 0. The number of hydrogen-bond acceptors (Lipinski definition) is 0. The van der Waals surface area contributed by atoms with Crippen molar-refractivity contribution in [2.75, 3.05) is 0 Å². The van der Waals surface area contributed by atoms with Gasteiger partial charge in [0, 0.05) is 0 Å². The molecule has 0 amide bonds. The van der Waals surface area contributed by atoms with Gasteiger partial charge in [0.1, 0.15) is 0 Å². The molecule has 0 aromatic rings. The van der Waals surface area contributed by atoms with E-state index in [0.29, 0.717) is 0 Å². The van der Waals surface area contributed by atoms with Crippen molar-refractivity contribution in [1.82, 2.24) is 24.6 Å². The fraction of sp³-hybridized carbons (Fsp3) is 0. The fourth-order valence-electron chi connectivity index (χ4n) is 0. The van der Waals surface area contributed by atoms with Crippen LogP contribution in [-0.2, 0) is 21.1 Å². The second kappa shape index (κ2) is 303. The maximum Gasteiger partial charge on any atom is 2.00 e. The minimum atomic E-state index is 0. The van der Waals surface area contributed by atoms with Crippen LogP contribution in [0.2, 0.25) is 0 Å². The summed E-state index contributed by atoms with van der Waals surface area (Å²) in [5.41, 5.74) is 0. The number of quaternary nitrogens is 4. The Kier molecular flexibility index (Phi) is 10700. The second-order valence-electron chi connectivity index (χ2n) is 0. The van der Waals surface area contributed by atoms with Gasteiger partial charge in [-0.05, 0) is 0 Å². The first-order chi connectivity index (χ1) is 0. The summed E-state index contributed by atoms with van der Waals surface area (Å²) in [6.07, 6.45) is 0. The van der Waals surface area contributed by atoms with Crippen LogP contribution in [0.1, 0.15) is 0 Å². The average molecular weight is 480 g/mol. The molecule has 0 bridgehead atoms. The molecule has 0 rings (SSSR count). The Morgan fingerprint density at radius 2 is 0.273 bits per heavy atom. The van der Waals surface area contributed by atoms with E-state index in [0.717, 1.165) is 0 Å². The third kappa shape index (κ3) is 251. The van der Waals surface area contributed by atoms with Gasteiger partial charge >= 0.3 is 21.1 Å². The molecule has 0 aliphatic rings. The molecule has 88 valence electrons. The molecule has 0 heterocycles. The van der Waals surface area contributed by atoms with Crippen molar-refractivity contribution < 1.29 is 95.5 Å². The second-order valence-corrected chi connectivity index (χ2v) is 0. The Labute approximate surface area is 119 Å². The first-order valence-electron chi connectivity index (χ1n) is 0. The molecule has 11 heavy (non-hydrogen) atoms. The van der Waals surface area contributed by atoms with Crippen LogP contribution < -0.4 is 99.0 Å². The van der Waals surface area contributed by atoms with Gasteiger partial charge in [0.2, 0.25) is 0 Å². The average Bonchev–Trinajstić information content (AvgIpc) is 0. The summed E-state index contributed by atoms with van der Waals surface area (Å²) in [6, 6.07) is 0. The third-order valence-electron chi connectivity index (χ3n) is 0. The number of hydrogen-bond donors (Lipinski definition) is 4. The molecule has 0 saturated heterocycles. The van der Waals surface area contributed by atoms with Crippen LogP contribution in [0.15, 0.2) is 0 Å². The molecule has 0 aromatic carbocycles. The van der Waals surface area contributed by atoms with Gasteiger partial charge in [-0.3, -0.25) is 0 Å². The zero-order valence-corrected chi connectivity index (χ0v) is 13.4. The van der Waals surface area contributed by atoms with E-state index in [2.05, 4.69) is 0 Å². The van der Waals surface area contributed by atoms with Crippen LogP contribution in [-0.4, -0.2) is 0 Å². The molecular formula is H16Cl6N4Pt. The van der Waals surface area contributed by atoms with Crippen molar-refractivity contribution in [2.24, 2.45) is 0 Å². The smallest absolute Gasteiger partial charge is 1.00 e. The van der Waals surface area contributed by atoms with Crippen LogP contribution in [0, 0.1) is 0 Å². The molecule has 0 spiro atoms. The minimum Gasteiger partial charge on any atom is -1.00 e. The molecule has 0 atom stereocenters.